The molecule has 0 aliphatic carbocycles. The monoisotopic (exact) mass is 527 g/mol. The first-order valence-corrected chi connectivity index (χ1v) is 14.9. The van der Waals surface area contributed by atoms with Crippen molar-refractivity contribution in [2.24, 2.45) is 0 Å². The SMILES string of the molecule is CCc1cc(Nc2ncc(Cl)c(Nc3ccccc3P(C)(C)=O)n2)c(OC)cc1N1CCC(=O)CC1. The number of ketones is 1. The number of para-hydroxylation sites is 1. The lowest BCUT2D eigenvalue weighted by atomic mass is 10.0. The van der Waals surface area contributed by atoms with Gasteiger partial charge in [-0.05, 0) is 43.5 Å². The lowest BCUT2D eigenvalue weighted by Gasteiger charge is -2.30. The van der Waals surface area contributed by atoms with E-state index in [4.69, 9.17) is 16.3 Å². The normalized spacial score (nSPS) is 14.0. The minimum absolute atomic E-state index is 0.308. The number of hydrogen-bond donors (Lipinski definition) is 2. The molecule has 1 aliphatic heterocycles. The third-order valence-electron chi connectivity index (χ3n) is 6.17. The summed E-state index contributed by atoms with van der Waals surface area (Å²) < 4.78 is 18.4. The second kappa shape index (κ2) is 10.9. The molecule has 0 bridgehead atoms. The summed E-state index contributed by atoms with van der Waals surface area (Å²) in [5, 5.41) is 7.54. The van der Waals surface area contributed by atoms with E-state index >= 15 is 0 Å². The fourth-order valence-corrected chi connectivity index (χ4v) is 5.56. The minimum atomic E-state index is -2.52. The molecule has 3 aromatic rings. The van der Waals surface area contributed by atoms with E-state index in [0.29, 0.717) is 59.9 Å². The van der Waals surface area contributed by atoms with Crippen LogP contribution in [0, 0.1) is 0 Å². The highest BCUT2D eigenvalue weighted by Crippen LogP contribution is 2.39. The Balaban J connectivity index is 1.63. The van der Waals surface area contributed by atoms with Gasteiger partial charge in [-0.15, -0.1) is 0 Å². The summed E-state index contributed by atoms with van der Waals surface area (Å²) in [4.78, 5) is 22.9. The molecule has 0 spiro atoms. The van der Waals surface area contributed by atoms with Crippen molar-refractivity contribution in [1.82, 2.24) is 9.97 Å². The second-order valence-electron chi connectivity index (χ2n) is 9.07. The number of Topliss-reactive ketones (excluding diaryl/α,β-unsaturated/α-hetero) is 1. The van der Waals surface area contributed by atoms with Crippen molar-refractivity contribution < 1.29 is 14.1 Å². The molecule has 1 fully saturated rings. The molecule has 0 radical (unpaired) electrons. The molecule has 1 aromatic heterocycles. The molecule has 2 heterocycles. The van der Waals surface area contributed by atoms with Crippen LogP contribution in [0.5, 0.6) is 5.75 Å². The largest absolute Gasteiger partial charge is 0.494 e. The number of hydrogen-bond acceptors (Lipinski definition) is 8. The summed E-state index contributed by atoms with van der Waals surface area (Å²) in [6, 6.07) is 11.5. The number of nitrogens with one attached hydrogen (secondary N) is 2. The highest BCUT2D eigenvalue weighted by molar-refractivity contribution is 7.70. The Bertz CT molecular complexity index is 1320. The van der Waals surface area contributed by atoms with Crippen molar-refractivity contribution in [2.45, 2.75) is 26.2 Å². The van der Waals surface area contributed by atoms with Gasteiger partial charge >= 0.3 is 0 Å². The molecule has 8 nitrogen and oxygen atoms in total. The van der Waals surface area contributed by atoms with Crippen LogP contribution in [0.15, 0.2) is 42.6 Å². The summed E-state index contributed by atoms with van der Waals surface area (Å²) in [7, 11) is -0.897. The number of methoxy groups -OCH3 is 1. The van der Waals surface area contributed by atoms with E-state index in [1.807, 2.05) is 36.4 Å². The quantitative estimate of drug-likeness (QED) is 0.365. The number of anilines is 5. The van der Waals surface area contributed by atoms with Gasteiger partial charge in [-0.2, -0.15) is 4.98 Å². The van der Waals surface area contributed by atoms with Gasteiger partial charge in [-0.25, -0.2) is 4.98 Å². The van der Waals surface area contributed by atoms with E-state index in [1.54, 1.807) is 20.4 Å². The first-order valence-electron chi connectivity index (χ1n) is 11.9. The molecule has 0 atom stereocenters. The summed E-state index contributed by atoms with van der Waals surface area (Å²) in [6.45, 7) is 6.97. The van der Waals surface area contributed by atoms with Gasteiger partial charge in [0.25, 0.3) is 0 Å². The van der Waals surface area contributed by atoms with Crippen LogP contribution in [0.25, 0.3) is 0 Å². The number of carbonyl (C=O) groups excluding carboxylic acids is 1. The molecule has 190 valence electrons. The maximum absolute atomic E-state index is 12.8. The predicted molar refractivity (Wildman–Crippen MR) is 148 cm³/mol. The smallest absolute Gasteiger partial charge is 0.229 e. The van der Waals surface area contributed by atoms with Crippen molar-refractivity contribution in [1.29, 1.82) is 0 Å². The summed E-state index contributed by atoms with van der Waals surface area (Å²) >= 11 is 6.40. The zero-order valence-corrected chi connectivity index (χ0v) is 22.6. The zero-order valence-electron chi connectivity index (χ0n) is 21.0. The number of carbonyl (C=O) groups is 1. The van der Waals surface area contributed by atoms with Gasteiger partial charge in [-0.1, -0.05) is 30.7 Å². The highest BCUT2D eigenvalue weighted by Gasteiger charge is 2.21. The average molecular weight is 528 g/mol. The van der Waals surface area contributed by atoms with Crippen molar-refractivity contribution in [3.8, 4) is 5.75 Å². The highest BCUT2D eigenvalue weighted by atomic mass is 35.5. The summed E-state index contributed by atoms with van der Waals surface area (Å²) in [5.41, 5.74) is 3.63. The van der Waals surface area contributed by atoms with E-state index in [1.165, 1.54) is 6.20 Å². The molecule has 1 aliphatic rings. The molecular formula is C26H31ClN5O3P. The Morgan fingerprint density at radius 2 is 1.83 bits per heavy atom. The van der Waals surface area contributed by atoms with Gasteiger partial charge < -0.3 is 24.8 Å². The maximum atomic E-state index is 12.8. The molecule has 1 saturated heterocycles. The molecule has 2 N–H and O–H groups in total. The Kier molecular flexibility index (Phi) is 7.86. The average Bonchev–Trinajstić information content (AvgIpc) is 2.86. The number of piperidine rings is 1. The Labute approximate surface area is 216 Å². The van der Waals surface area contributed by atoms with Crippen LogP contribution in [-0.4, -0.2) is 49.3 Å². The molecule has 36 heavy (non-hydrogen) atoms. The molecule has 0 saturated carbocycles. The molecule has 0 unspecified atom stereocenters. The third kappa shape index (κ3) is 5.82. The van der Waals surface area contributed by atoms with Gasteiger partial charge in [0.05, 0.1) is 24.7 Å². The summed E-state index contributed by atoms with van der Waals surface area (Å²) in [5.74, 6) is 1.70. The van der Waals surface area contributed by atoms with Crippen LogP contribution >= 0.6 is 18.7 Å². The van der Waals surface area contributed by atoms with Crippen LogP contribution in [0.2, 0.25) is 5.02 Å². The molecular weight excluding hydrogens is 497 g/mol. The van der Waals surface area contributed by atoms with E-state index in [-0.39, 0.29) is 0 Å². The van der Waals surface area contributed by atoms with Crippen molar-refractivity contribution in [3.05, 3.63) is 53.2 Å². The van der Waals surface area contributed by atoms with E-state index in [9.17, 15) is 9.36 Å². The van der Waals surface area contributed by atoms with Crippen LogP contribution in [0.3, 0.4) is 0 Å². The first-order chi connectivity index (χ1) is 17.2. The molecule has 4 rings (SSSR count). The van der Waals surface area contributed by atoms with Crippen LogP contribution in [0.4, 0.5) is 28.8 Å². The minimum Gasteiger partial charge on any atom is -0.494 e. The number of halogens is 1. The number of benzene rings is 2. The number of aryl methyl sites for hydroxylation is 1. The topological polar surface area (TPSA) is 96.4 Å². The standard InChI is InChI=1S/C26H31ClN5O3P/c1-5-17-14-21(23(35-2)15-22(17)32-12-10-18(33)11-13-32)30-26-28-16-19(27)25(31-26)29-20-8-6-7-9-24(20)36(3,4)34/h6-9,14-16H,5,10-13H2,1-4H3,(H2,28,29,30,31). The predicted octanol–water partition coefficient (Wildman–Crippen LogP) is 5.61. The molecule has 0 amide bonds. The van der Waals surface area contributed by atoms with Gasteiger partial charge in [-0.3, -0.25) is 4.79 Å². The van der Waals surface area contributed by atoms with E-state index < -0.39 is 7.14 Å². The number of rotatable bonds is 8. The Hall–Kier alpha value is -3.09. The summed E-state index contributed by atoms with van der Waals surface area (Å²) in [6.07, 6.45) is 3.46. The van der Waals surface area contributed by atoms with E-state index in [2.05, 4.69) is 32.4 Å². The van der Waals surface area contributed by atoms with Crippen molar-refractivity contribution in [3.63, 3.8) is 0 Å². The second-order valence-corrected chi connectivity index (χ2v) is 12.7. The van der Waals surface area contributed by atoms with Crippen LogP contribution < -0.4 is 25.6 Å². The molecule has 10 heteroatoms. The Morgan fingerprint density at radius 1 is 1.11 bits per heavy atom. The van der Waals surface area contributed by atoms with Gasteiger partial charge in [0.1, 0.15) is 23.7 Å². The number of ether oxygens (including phenoxy) is 1. The molecule has 2 aromatic carbocycles. The van der Waals surface area contributed by atoms with Crippen LogP contribution in [0.1, 0.15) is 25.3 Å². The number of nitrogens with zero attached hydrogens (tertiary/aromatic N) is 3. The van der Waals surface area contributed by atoms with Crippen LogP contribution in [-0.2, 0) is 15.8 Å². The maximum Gasteiger partial charge on any atom is 0.229 e. The van der Waals surface area contributed by atoms with E-state index in [0.717, 1.165) is 28.7 Å². The first kappa shape index (κ1) is 26.0. The van der Waals surface area contributed by atoms with Gasteiger partial charge in [0.2, 0.25) is 5.95 Å². The van der Waals surface area contributed by atoms with Gasteiger partial charge in [0, 0.05) is 43.0 Å². The third-order valence-corrected chi connectivity index (χ3v) is 8.00. The fourth-order valence-electron chi connectivity index (χ4n) is 4.27. The lowest BCUT2D eigenvalue weighted by Crippen LogP contribution is -2.34. The van der Waals surface area contributed by atoms with Crippen molar-refractivity contribution >= 4 is 58.7 Å². The van der Waals surface area contributed by atoms with Gasteiger partial charge in [0.15, 0.2) is 5.82 Å². The fraction of sp³-hybridized carbons (Fsp3) is 0.346. The Morgan fingerprint density at radius 3 is 2.50 bits per heavy atom. The number of aromatic nitrogens is 2. The lowest BCUT2D eigenvalue weighted by molar-refractivity contribution is -0.119. The zero-order chi connectivity index (χ0) is 25.9. The van der Waals surface area contributed by atoms with Crippen molar-refractivity contribution in [2.75, 3.05) is 49.1 Å².